The number of anilines is 1. The molecule has 5 heteroatoms. The van der Waals surface area contributed by atoms with Gasteiger partial charge in [0.1, 0.15) is 4.90 Å². The van der Waals surface area contributed by atoms with Crippen molar-refractivity contribution in [3.63, 3.8) is 0 Å². The molecule has 0 aromatic heterocycles. The lowest BCUT2D eigenvalue weighted by atomic mass is 9.90. The molecule has 4 nitrogen and oxygen atoms in total. The maximum Gasteiger partial charge on any atom is 0.242 e. The molecule has 0 saturated heterocycles. The third kappa shape index (κ3) is 3.33. The van der Waals surface area contributed by atoms with Crippen molar-refractivity contribution in [2.24, 2.45) is 5.92 Å². The molecule has 0 spiro atoms. The number of nitrogens with two attached hydrogens (primary N) is 1. The molecule has 0 amide bonds. The van der Waals surface area contributed by atoms with Crippen LogP contribution >= 0.6 is 0 Å². The van der Waals surface area contributed by atoms with Crippen LogP contribution in [0.5, 0.6) is 0 Å². The van der Waals surface area contributed by atoms with Crippen LogP contribution in [0.4, 0.5) is 5.69 Å². The van der Waals surface area contributed by atoms with Crippen molar-refractivity contribution in [1.29, 1.82) is 0 Å². The Morgan fingerprint density at radius 3 is 2.50 bits per heavy atom. The summed E-state index contributed by atoms with van der Waals surface area (Å²) in [7, 11) is -3.52. The molecule has 1 saturated carbocycles. The van der Waals surface area contributed by atoms with Gasteiger partial charge in [-0.3, -0.25) is 0 Å². The molecule has 0 unspecified atom stereocenters. The molecular weight excluding hydrogens is 272 g/mol. The normalized spacial score (nSPS) is 17.3. The van der Waals surface area contributed by atoms with Gasteiger partial charge in [0.05, 0.1) is 5.69 Å². The fourth-order valence-electron chi connectivity index (χ4n) is 2.86. The molecule has 3 N–H and O–H groups in total. The minimum absolute atomic E-state index is 0.244. The summed E-state index contributed by atoms with van der Waals surface area (Å²) in [5.41, 5.74) is 7.87. The van der Waals surface area contributed by atoms with Crippen LogP contribution in [-0.4, -0.2) is 15.0 Å². The summed E-state index contributed by atoms with van der Waals surface area (Å²) in [5, 5.41) is 0. The average Bonchev–Trinajstić information content (AvgIpc) is 2.42. The Balaban J connectivity index is 2.16. The second-order valence-electron chi connectivity index (χ2n) is 5.78. The molecule has 20 heavy (non-hydrogen) atoms. The van der Waals surface area contributed by atoms with Gasteiger partial charge in [0.2, 0.25) is 10.0 Å². The van der Waals surface area contributed by atoms with Gasteiger partial charge in [0, 0.05) is 6.54 Å². The van der Waals surface area contributed by atoms with Gasteiger partial charge >= 0.3 is 0 Å². The Bertz CT molecular complexity index is 576. The highest BCUT2D eigenvalue weighted by molar-refractivity contribution is 7.89. The van der Waals surface area contributed by atoms with Crippen molar-refractivity contribution in [3.05, 3.63) is 23.3 Å². The van der Waals surface area contributed by atoms with E-state index >= 15 is 0 Å². The van der Waals surface area contributed by atoms with E-state index in [2.05, 4.69) is 4.72 Å². The molecule has 0 heterocycles. The van der Waals surface area contributed by atoms with Crippen LogP contribution in [0.15, 0.2) is 17.0 Å². The Morgan fingerprint density at radius 2 is 1.85 bits per heavy atom. The van der Waals surface area contributed by atoms with Crippen molar-refractivity contribution in [1.82, 2.24) is 4.72 Å². The van der Waals surface area contributed by atoms with Gasteiger partial charge in [0.15, 0.2) is 0 Å². The van der Waals surface area contributed by atoms with E-state index in [0.29, 0.717) is 18.2 Å². The summed E-state index contributed by atoms with van der Waals surface area (Å²) in [6.07, 6.45) is 5.92. The molecule has 0 bridgehead atoms. The molecule has 1 aromatic carbocycles. The monoisotopic (exact) mass is 296 g/mol. The fourth-order valence-corrected chi connectivity index (χ4v) is 4.40. The third-order valence-corrected chi connectivity index (χ3v) is 5.89. The molecule has 1 fully saturated rings. The Hall–Kier alpha value is -1.07. The number of hydrogen-bond donors (Lipinski definition) is 2. The molecule has 2 rings (SSSR count). The first-order valence-electron chi connectivity index (χ1n) is 7.27. The van der Waals surface area contributed by atoms with Gasteiger partial charge < -0.3 is 5.73 Å². The number of rotatable bonds is 4. The summed E-state index contributed by atoms with van der Waals surface area (Å²) < 4.78 is 27.7. The number of aryl methyl sites for hydroxylation is 1. The molecule has 1 aliphatic rings. The summed E-state index contributed by atoms with van der Waals surface area (Å²) in [4.78, 5) is 0.244. The quantitative estimate of drug-likeness (QED) is 0.839. The van der Waals surface area contributed by atoms with E-state index in [1.54, 1.807) is 13.0 Å². The first-order valence-corrected chi connectivity index (χ1v) is 8.75. The standard InChI is InChI=1S/C15H24N2O2S/c1-11-8-9-14(16)15(12(11)2)20(18,19)17-10-13-6-4-3-5-7-13/h8-9,13,17H,3-7,10,16H2,1-2H3. The van der Waals surface area contributed by atoms with E-state index in [9.17, 15) is 8.42 Å². The Kier molecular flexibility index (Phi) is 4.70. The van der Waals surface area contributed by atoms with E-state index < -0.39 is 10.0 Å². The van der Waals surface area contributed by atoms with Crippen molar-refractivity contribution in [2.75, 3.05) is 12.3 Å². The van der Waals surface area contributed by atoms with Crippen LogP contribution < -0.4 is 10.5 Å². The largest absolute Gasteiger partial charge is 0.398 e. The second kappa shape index (κ2) is 6.14. The first-order chi connectivity index (χ1) is 9.42. The van der Waals surface area contributed by atoms with Crippen molar-refractivity contribution in [3.8, 4) is 0 Å². The van der Waals surface area contributed by atoms with Crippen LogP contribution in [-0.2, 0) is 10.0 Å². The molecule has 112 valence electrons. The van der Waals surface area contributed by atoms with Crippen LogP contribution in [0, 0.1) is 19.8 Å². The van der Waals surface area contributed by atoms with Crippen LogP contribution in [0.2, 0.25) is 0 Å². The van der Waals surface area contributed by atoms with Crippen molar-refractivity contribution < 1.29 is 8.42 Å². The predicted octanol–water partition coefficient (Wildman–Crippen LogP) is 2.74. The fraction of sp³-hybridized carbons (Fsp3) is 0.600. The minimum Gasteiger partial charge on any atom is -0.398 e. The predicted molar refractivity (Wildman–Crippen MR) is 82.1 cm³/mol. The number of benzene rings is 1. The van der Waals surface area contributed by atoms with Crippen LogP contribution in [0.1, 0.15) is 43.2 Å². The zero-order chi connectivity index (χ0) is 14.8. The molecule has 0 aliphatic heterocycles. The number of nitrogens with one attached hydrogen (secondary N) is 1. The molecule has 1 aliphatic carbocycles. The summed E-state index contributed by atoms with van der Waals surface area (Å²) >= 11 is 0. The highest BCUT2D eigenvalue weighted by Crippen LogP contribution is 2.27. The zero-order valence-corrected chi connectivity index (χ0v) is 13.1. The second-order valence-corrected chi connectivity index (χ2v) is 7.49. The van der Waals surface area contributed by atoms with Gasteiger partial charge in [-0.05, 0) is 49.8 Å². The zero-order valence-electron chi connectivity index (χ0n) is 12.3. The average molecular weight is 296 g/mol. The van der Waals surface area contributed by atoms with Gasteiger partial charge in [0.25, 0.3) is 0 Å². The summed E-state index contributed by atoms with van der Waals surface area (Å²) in [5.74, 6) is 0.463. The number of nitrogen functional groups attached to an aromatic ring is 1. The highest BCUT2D eigenvalue weighted by Gasteiger charge is 2.23. The van der Waals surface area contributed by atoms with Gasteiger partial charge in [-0.25, -0.2) is 13.1 Å². The lowest BCUT2D eigenvalue weighted by Gasteiger charge is -2.22. The van der Waals surface area contributed by atoms with Gasteiger partial charge in [-0.2, -0.15) is 0 Å². The maximum atomic E-state index is 12.5. The number of hydrogen-bond acceptors (Lipinski definition) is 3. The molecule has 0 atom stereocenters. The summed E-state index contributed by atoms with van der Waals surface area (Å²) in [6, 6.07) is 3.52. The number of sulfonamides is 1. The molecule has 0 radical (unpaired) electrons. The van der Waals surface area contributed by atoms with Gasteiger partial charge in [-0.1, -0.05) is 25.3 Å². The van der Waals surface area contributed by atoms with E-state index in [4.69, 9.17) is 5.73 Å². The maximum absolute atomic E-state index is 12.5. The first kappa shape index (κ1) is 15.3. The van der Waals surface area contributed by atoms with E-state index in [1.165, 1.54) is 19.3 Å². The van der Waals surface area contributed by atoms with Crippen LogP contribution in [0.25, 0.3) is 0 Å². The smallest absolute Gasteiger partial charge is 0.242 e. The van der Waals surface area contributed by atoms with Crippen molar-refractivity contribution >= 4 is 15.7 Å². The Labute approximate surface area is 121 Å². The van der Waals surface area contributed by atoms with E-state index in [1.807, 2.05) is 13.0 Å². The molecule has 1 aromatic rings. The topological polar surface area (TPSA) is 72.2 Å². The lowest BCUT2D eigenvalue weighted by Crippen LogP contribution is -2.31. The van der Waals surface area contributed by atoms with Crippen molar-refractivity contribution in [2.45, 2.75) is 50.8 Å². The summed E-state index contributed by atoms with van der Waals surface area (Å²) in [6.45, 7) is 4.23. The third-order valence-electron chi connectivity index (χ3n) is 4.26. The highest BCUT2D eigenvalue weighted by atomic mass is 32.2. The molecular formula is C15H24N2O2S. The SMILES string of the molecule is Cc1ccc(N)c(S(=O)(=O)NCC2CCCCC2)c1C. The lowest BCUT2D eigenvalue weighted by molar-refractivity contribution is 0.357. The van der Waals surface area contributed by atoms with E-state index in [-0.39, 0.29) is 4.90 Å². The van der Waals surface area contributed by atoms with E-state index in [0.717, 1.165) is 24.0 Å². The van der Waals surface area contributed by atoms with Crippen LogP contribution in [0.3, 0.4) is 0 Å². The Morgan fingerprint density at radius 1 is 1.20 bits per heavy atom. The van der Waals surface area contributed by atoms with Gasteiger partial charge in [-0.15, -0.1) is 0 Å². The minimum atomic E-state index is -3.52.